The maximum absolute atomic E-state index is 11.0. The molecule has 0 N–H and O–H groups in total. The third kappa shape index (κ3) is 2.33. The van der Waals surface area contributed by atoms with Crippen LogP contribution in [0.2, 0.25) is 0 Å². The second kappa shape index (κ2) is 5.60. The maximum atomic E-state index is 11.0. The van der Waals surface area contributed by atoms with E-state index < -0.39 is 0 Å². The molecule has 2 heterocycles. The van der Waals surface area contributed by atoms with E-state index in [9.17, 15) is 4.79 Å². The van der Waals surface area contributed by atoms with Crippen LogP contribution in [-0.4, -0.2) is 29.6 Å². The molecule has 2 aromatic rings. The second-order valence-electron chi connectivity index (χ2n) is 4.07. The molecule has 4 nitrogen and oxygen atoms in total. The third-order valence-corrected chi connectivity index (χ3v) is 3.03. The molecule has 0 aromatic carbocycles. The molecule has 2 rings (SSSR count). The minimum absolute atomic E-state index is 0.617. The molecule has 18 heavy (non-hydrogen) atoms. The van der Waals surface area contributed by atoms with Crippen LogP contribution >= 0.6 is 0 Å². The van der Waals surface area contributed by atoms with E-state index in [2.05, 4.69) is 9.55 Å². The normalized spacial score (nSPS) is 10.6. The van der Waals surface area contributed by atoms with Gasteiger partial charge in [-0.2, -0.15) is 0 Å². The SMILES string of the molecule is COCCn1c(-c2ccncc2)cc(C=O)c1C. The Hall–Kier alpha value is -1.94. The first kappa shape index (κ1) is 12.5. The highest BCUT2D eigenvalue weighted by molar-refractivity contribution is 5.80. The van der Waals surface area contributed by atoms with Crippen molar-refractivity contribution in [3.63, 3.8) is 0 Å². The van der Waals surface area contributed by atoms with E-state index in [4.69, 9.17) is 4.74 Å². The first-order valence-corrected chi connectivity index (χ1v) is 5.82. The quantitative estimate of drug-likeness (QED) is 0.758. The first-order valence-electron chi connectivity index (χ1n) is 5.82. The van der Waals surface area contributed by atoms with E-state index in [1.807, 2.05) is 25.1 Å². The van der Waals surface area contributed by atoms with Crippen LogP contribution in [0.15, 0.2) is 30.6 Å². The summed E-state index contributed by atoms with van der Waals surface area (Å²) in [5, 5.41) is 0. The zero-order chi connectivity index (χ0) is 13.0. The summed E-state index contributed by atoms with van der Waals surface area (Å²) in [6.07, 6.45) is 4.39. The smallest absolute Gasteiger partial charge is 0.151 e. The largest absolute Gasteiger partial charge is 0.383 e. The van der Waals surface area contributed by atoms with E-state index >= 15 is 0 Å². The topological polar surface area (TPSA) is 44.1 Å². The van der Waals surface area contributed by atoms with Crippen molar-refractivity contribution in [1.82, 2.24) is 9.55 Å². The van der Waals surface area contributed by atoms with E-state index in [-0.39, 0.29) is 0 Å². The zero-order valence-corrected chi connectivity index (χ0v) is 10.6. The predicted octanol–water partition coefficient (Wildman–Crippen LogP) is 2.32. The van der Waals surface area contributed by atoms with Crippen LogP contribution in [0.4, 0.5) is 0 Å². The molecule has 0 aliphatic rings. The highest BCUT2D eigenvalue weighted by Gasteiger charge is 2.12. The average molecular weight is 244 g/mol. The molecule has 0 bridgehead atoms. The molecule has 0 fully saturated rings. The molecule has 0 unspecified atom stereocenters. The van der Waals surface area contributed by atoms with Crippen molar-refractivity contribution in [2.45, 2.75) is 13.5 Å². The third-order valence-electron chi connectivity index (χ3n) is 3.03. The number of rotatable bonds is 5. The van der Waals surface area contributed by atoms with Gasteiger partial charge in [-0.05, 0) is 25.1 Å². The van der Waals surface area contributed by atoms with Gasteiger partial charge in [0.15, 0.2) is 6.29 Å². The monoisotopic (exact) mass is 244 g/mol. The van der Waals surface area contributed by atoms with Crippen LogP contribution in [-0.2, 0) is 11.3 Å². The van der Waals surface area contributed by atoms with E-state index in [1.54, 1.807) is 19.5 Å². The van der Waals surface area contributed by atoms with Gasteiger partial charge in [0, 0.05) is 48.6 Å². The summed E-state index contributed by atoms with van der Waals surface area (Å²) >= 11 is 0. The molecule has 0 spiro atoms. The lowest BCUT2D eigenvalue weighted by molar-refractivity contribution is 0.112. The standard InChI is InChI=1S/C14H16N2O2/c1-11-13(10-17)9-14(16(11)7-8-18-2)12-3-5-15-6-4-12/h3-6,9-10H,7-8H2,1-2H3. The summed E-state index contributed by atoms with van der Waals surface area (Å²) in [5.41, 5.74) is 3.76. The molecule has 0 saturated carbocycles. The van der Waals surface area contributed by atoms with Crippen molar-refractivity contribution in [2.75, 3.05) is 13.7 Å². The fourth-order valence-corrected chi connectivity index (χ4v) is 2.02. The van der Waals surface area contributed by atoms with Crippen LogP contribution in [0.25, 0.3) is 11.3 Å². The van der Waals surface area contributed by atoms with Gasteiger partial charge in [0.1, 0.15) is 0 Å². The summed E-state index contributed by atoms with van der Waals surface area (Å²) in [6, 6.07) is 5.78. The van der Waals surface area contributed by atoms with Gasteiger partial charge in [0.05, 0.1) is 6.61 Å². The Bertz CT molecular complexity index is 532. The number of methoxy groups -OCH3 is 1. The number of nitrogens with zero attached hydrogens (tertiary/aromatic N) is 2. The average Bonchev–Trinajstić information content (AvgIpc) is 2.74. The fraction of sp³-hybridized carbons (Fsp3) is 0.286. The minimum Gasteiger partial charge on any atom is -0.383 e. The molecule has 2 aromatic heterocycles. The lowest BCUT2D eigenvalue weighted by Gasteiger charge is -2.11. The summed E-state index contributed by atoms with van der Waals surface area (Å²) < 4.78 is 7.21. The highest BCUT2D eigenvalue weighted by Crippen LogP contribution is 2.24. The molecule has 0 amide bonds. The Morgan fingerprint density at radius 1 is 1.39 bits per heavy atom. The molecule has 94 valence electrons. The molecule has 0 atom stereocenters. The summed E-state index contributed by atoms with van der Waals surface area (Å²) in [4.78, 5) is 15.0. The minimum atomic E-state index is 0.617. The Morgan fingerprint density at radius 3 is 2.72 bits per heavy atom. The summed E-state index contributed by atoms with van der Waals surface area (Å²) in [6.45, 7) is 3.30. The Kier molecular flexibility index (Phi) is 3.89. The van der Waals surface area contributed by atoms with E-state index in [1.165, 1.54) is 0 Å². The van der Waals surface area contributed by atoms with Crippen LogP contribution < -0.4 is 0 Å². The Balaban J connectivity index is 2.48. The van der Waals surface area contributed by atoms with Gasteiger partial charge in [0.25, 0.3) is 0 Å². The Morgan fingerprint density at radius 2 is 2.11 bits per heavy atom. The molecule has 0 radical (unpaired) electrons. The van der Waals surface area contributed by atoms with Crippen molar-refractivity contribution < 1.29 is 9.53 Å². The summed E-state index contributed by atoms with van der Waals surface area (Å²) in [5.74, 6) is 0. The molecule has 4 heteroatoms. The zero-order valence-electron chi connectivity index (χ0n) is 10.6. The fourth-order valence-electron chi connectivity index (χ4n) is 2.02. The van der Waals surface area contributed by atoms with Gasteiger partial charge in [-0.3, -0.25) is 9.78 Å². The van der Waals surface area contributed by atoms with Gasteiger partial charge in [-0.15, -0.1) is 0 Å². The van der Waals surface area contributed by atoms with Crippen LogP contribution in [0.1, 0.15) is 16.1 Å². The van der Waals surface area contributed by atoms with Gasteiger partial charge < -0.3 is 9.30 Å². The molecule has 0 saturated heterocycles. The van der Waals surface area contributed by atoms with Gasteiger partial charge in [-0.25, -0.2) is 0 Å². The van der Waals surface area contributed by atoms with Crippen LogP contribution in [0, 0.1) is 6.92 Å². The number of ether oxygens (including phenoxy) is 1. The lowest BCUT2D eigenvalue weighted by atomic mass is 10.2. The molecular formula is C14H16N2O2. The van der Waals surface area contributed by atoms with Crippen LogP contribution in [0.3, 0.4) is 0 Å². The second-order valence-corrected chi connectivity index (χ2v) is 4.07. The first-order chi connectivity index (χ1) is 8.77. The number of aromatic nitrogens is 2. The lowest BCUT2D eigenvalue weighted by Crippen LogP contribution is -2.07. The highest BCUT2D eigenvalue weighted by atomic mass is 16.5. The number of carbonyl (C=O) groups is 1. The summed E-state index contributed by atoms with van der Waals surface area (Å²) in [7, 11) is 1.67. The van der Waals surface area contributed by atoms with Crippen molar-refractivity contribution >= 4 is 6.29 Å². The molecular weight excluding hydrogens is 228 g/mol. The number of hydrogen-bond donors (Lipinski definition) is 0. The predicted molar refractivity (Wildman–Crippen MR) is 69.7 cm³/mol. The van der Waals surface area contributed by atoms with E-state index in [0.717, 1.165) is 35.3 Å². The van der Waals surface area contributed by atoms with E-state index in [0.29, 0.717) is 6.61 Å². The Labute approximate surface area is 106 Å². The van der Waals surface area contributed by atoms with Gasteiger partial charge >= 0.3 is 0 Å². The number of pyridine rings is 1. The van der Waals surface area contributed by atoms with Crippen molar-refractivity contribution in [2.24, 2.45) is 0 Å². The maximum Gasteiger partial charge on any atom is 0.151 e. The van der Waals surface area contributed by atoms with Crippen molar-refractivity contribution in [3.05, 3.63) is 41.9 Å². The molecule has 0 aliphatic heterocycles. The van der Waals surface area contributed by atoms with Gasteiger partial charge in [0.2, 0.25) is 0 Å². The molecule has 0 aliphatic carbocycles. The van der Waals surface area contributed by atoms with Crippen molar-refractivity contribution in [1.29, 1.82) is 0 Å². The number of hydrogen-bond acceptors (Lipinski definition) is 3. The number of aldehydes is 1. The van der Waals surface area contributed by atoms with Crippen LogP contribution in [0.5, 0.6) is 0 Å². The number of carbonyl (C=O) groups excluding carboxylic acids is 1. The van der Waals surface area contributed by atoms with Gasteiger partial charge in [-0.1, -0.05) is 0 Å². The van der Waals surface area contributed by atoms with Crippen molar-refractivity contribution in [3.8, 4) is 11.3 Å².